The Hall–Kier alpha value is -3.06. The summed E-state index contributed by atoms with van der Waals surface area (Å²) in [7, 11) is 0. The van der Waals surface area contributed by atoms with Gasteiger partial charge in [0.15, 0.2) is 0 Å². The van der Waals surface area contributed by atoms with Crippen LogP contribution in [0.2, 0.25) is 5.02 Å². The second-order valence-corrected chi connectivity index (χ2v) is 8.70. The largest absolute Gasteiger partial charge is 0.490 e. The quantitative estimate of drug-likeness (QED) is 0.583. The van der Waals surface area contributed by atoms with E-state index in [0.717, 1.165) is 24.2 Å². The number of aromatic nitrogens is 2. The number of fused-ring (bicyclic) bond motifs is 2. The summed E-state index contributed by atoms with van der Waals surface area (Å²) in [6.45, 7) is 3.46. The van der Waals surface area contributed by atoms with Crippen LogP contribution in [0, 0.1) is 0 Å². The highest BCUT2D eigenvalue weighted by Crippen LogP contribution is 2.28. The van der Waals surface area contributed by atoms with Crippen LogP contribution < -0.4 is 10.3 Å². The Labute approximate surface area is 190 Å². The Bertz CT molecular complexity index is 1220. The Kier molecular flexibility index (Phi) is 5.51. The molecule has 2 aromatic carbocycles. The number of carbonyl (C=O) groups excluding carboxylic acids is 1. The van der Waals surface area contributed by atoms with Gasteiger partial charge in [0.1, 0.15) is 24.3 Å². The molecule has 1 amide bonds. The first-order valence-electron chi connectivity index (χ1n) is 10.9. The van der Waals surface area contributed by atoms with Gasteiger partial charge in [-0.1, -0.05) is 30.7 Å². The topological polar surface area (TPSA) is 73.7 Å². The average Bonchev–Trinajstić information content (AvgIpc) is 3.17. The number of amides is 1. The third-order valence-electron chi connectivity index (χ3n) is 6.18. The molecule has 2 saturated heterocycles. The normalized spacial score (nSPS) is 20.3. The molecular formula is C24H24ClN3O4. The van der Waals surface area contributed by atoms with Crippen LogP contribution >= 0.6 is 11.6 Å². The molecule has 0 aliphatic carbocycles. The van der Waals surface area contributed by atoms with Gasteiger partial charge in [0.2, 0.25) is 0 Å². The minimum Gasteiger partial charge on any atom is -0.490 e. The Morgan fingerprint density at radius 3 is 2.78 bits per heavy atom. The summed E-state index contributed by atoms with van der Waals surface area (Å²) in [5.41, 5.74) is 1.56. The molecular weight excluding hydrogens is 430 g/mol. The van der Waals surface area contributed by atoms with Crippen LogP contribution in [0.4, 0.5) is 4.79 Å². The molecule has 0 bridgehead atoms. The van der Waals surface area contributed by atoms with Gasteiger partial charge in [0.25, 0.3) is 5.56 Å². The molecule has 166 valence electrons. The summed E-state index contributed by atoms with van der Waals surface area (Å²) in [5, 5.41) is 1.19. The van der Waals surface area contributed by atoms with Gasteiger partial charge in [-0.05, 0) is 35.9 Å². The van der Waals surface area contributed by atoms with Crippen LogP contribution in [0.5, 0.6) is 5.75 Å². The molecule has 2 aliphatic rings. The third kappa shape index (κ3) is 3.93. The van der Waals surface area contributed by atoms with E-state index in [1.165, 1.54) is 0 Å². The van der Waals surface area contributed by atoms with E-state index in [1.54, 1.807) is 15.5 Å². The Morgan fingerprint density at radius 2 is 2.00 bits per heavy atom. The molecule has 3 aromatic rings. The third-order valence-corrected chi connectivity index (χ3v) is 6.43. The number of cyclic esters (lactones) is 1. The van der Waals surface area contributed by atoms with Gasteiger partial charge in [-0.15, -0.1) is 0 Å². The van der Waals surface area contributed by atoms with Crippen molar-refractivity contribution >= 4 is 28.6 Å². The minimum absolute atomic E-state index is 0.0256. The molecule has 1 aromatic heterocycles. The second-order valence-electron chi connectivity index (χ2n) is 8.27. The molecule has 0 saturated carbocycles. The molecule has 8 heteroatoms. The first kappa shape index (κ1) is 20.8. The average molecular weight is 454 g/mol. The van der Waals surface area contributed by atoms with Gasteiger partial charge in [-0.3, -0.25) is 9.36 Å². The molecule has 5 rings (SSSR count). The van der Waals surface area contributed by atoms with E-state index in [4.69, 9.17) is 26.1 Å². The molecule has 2 fully saturated rings. The van der Waals surface area contributed by atoms with Crippen LogP contribution in [0.3, 0.4) is 0 Å². The number of hydrogen-bond donors (Lipinski definition) is 0. The number of nitrogens with zero attached hydrogens (tertiary/aromatic N) is 3. The van der Waals surface area contributed by atoms with Crippen LogP contribution in [0.15, 0.2) is 47.3 Å². The molecule has 0 radical (unpaired) electrons. The predicted molar refractivity (Wildman–Crippen MR) is 121 cm³/mol. The fourth-order valence-corrected chi connectivity index (χ4v) is 4.61. The van der Waals surface area contributed by atoms with Gasteiger partial charge in [-0.25, -0.2) is 9.78 Å². The maximum Gasteiger partial charge on any atom is 0.410 e. The molecule has 0 unspecified atom stereocenters. The number of hydrogen-bond acceptors (Lipinski definition) is 5. The number of ether oxygens (including phenoxy) is 2. The van der Waals surface area contributed by atoms with Crippen LogP contribution in [-0.4, -0.2) is 45.8 Å². The van der Waals surface area contributed by atoms with Gasteiger partial charge in [0.05, 0.1) is 23.5 Å². The van der Waals surface area contributed by atoms with E-state index in [-0.39, 0.29) is 23.8 Å². The molecule has 3 heterocycles. The Balaban J connectivity index is 1.42. The summed E-state index contributed by atoms with van der Waals surface area (Å²) >= 11 is 6.00. The first-order chi connectivity index (χ1) is 15.5. The molecule has 32 heavy (non-hydrogen) atoms. The molecule has 2 aliphatic heterocycles. The smallest absolute Gasteiger partial charge is 0.410 e. The maximum absolute atomic E-state index is 13.4. The summed E-state index contributed by atoms with van der Waals surface area (Å²) in [6.07, 6.45) is 1.84. The fraction of sp³-hybridized carbons (Fsp3) is 0.375. The second kappa shape index (κ2) is 8.47. The number of piperidine rings is 1. The molecule has 0 N–H and O–H groups in total. The van der Waals surface area contributed by atoms with Crippen LogP contribution in [0.1, 0.15) is 31.2 Å². The van der Waals surface area contributed by atoms with E-state index in [9.17, 15) is 9.59 Å². The molecule has 2 atom stereocenters. The van der Waals surface area contributed by atoms with Crippen molar-refractivity contribution in [3.05, 3.63) is 69.2 Å². The van der Waals surface area contributed by atoms with Crippen molar-refractivity contribution < 1.29 is 14.3 Å². The van der Waals surface area contributed by atoms with E-state index in [0.29, 0.717) is 47.8 Å². The lowest BCUT2D eigenvalue weighted by Crippen LogP contribution is -2.44. The van der Waals surface area contributed by atoms with Gasteiger partial charge in [0, 0.05) is 30.8 Å². The van der Waals surface area contributed by atoms with Crippen molar-refractivity contribution in [1.82, 2.24) is 14.5 Å². The standard InChI is InChI=1S/C24H24ClN3O4/c1-2-22-26-21-8-7-18(32-19-9-10-27-17(11-19)14-31-24(27)30)12-20(21)23(29)28(22)13-15-3-5-16(25)6-4-15/h3-8,12,17,19H,2,9-11,13-14H2,1H3/t17-,19-/m0/s1. The summed E-state index contributed by atoms with van der Waals surface area (Å²) in [5.74, 6) is 1.38. The van der Waals surface area contributed by atoms with Crippen molar-refractivity contribution in [2.75, 3.05) is 13.2 Å². The highest BCUT2D eigenvalue weighted by molar-refractivity contribution is 6.30. The molecule has 7 nitrogen and oxygen atoms in total. The number of aryl methyl sites for hydroxylation is 1. The van der Waals surface area contributed by atoms with Gasteiger partial charge < -0.3 is 14.4 Å². The molecule has 0 spiro atoms. The summed E-state index contributed by atoms with van der Waals surface area (Å²) in [4.78, 5) is 31.6. The van der Waals surface area contributed by atoms with Crippen molar-refractivity contribution in [3.63, 3.8) is 0 Å². The lowest BCUT2D eigenvalue weighted by atomic mass is 10.0. The number of halogens is 1. The van der Waals surface area contributed by atoms with Crippen LogP contribution in [-0.2, 0) is 17.7 Å². The lowest BCUT2D eigenvalue weighted by Gasteiger charge is -2.32. The van der Waals surface area contributed by atoms with E-state index in [2.05, 4.69) is 0 Å². The Morgan fingerprint density at radius 1 is 1.19 bits per heavy atom. The highest BCUT2D eigenvalue weighted by Gasteiger charge is 2.38. The minimum atomic E-state index is -0.238. The highest BCUT2D eigenvalue weighted by atomic mass is 35.5. The number of benzene rings is 2. The van der Waals surface area contributed by atoms with E-state index < -0.39 is 0 Å². The zero-order chi connectivity index (χ0) is 22.2. The van der Waals surface area contributed by atoms with Crippen LogP contribution in [0.25, 0.3) is 10.9 Å². The number of carbonyl (C=O) groups is 1. The first-order valence-corrected chi connectivity index (χ1v) is 11.3. The predicted octanol–water partition coefficient (Wildman–Crippen LogP) is 4.02. The van der Waals surface area contributed by atoms with E-state index in [1.807, 2.05) is 43.3 Å². The van der Waals surface area contributed by atoms with Crippen molar-refractivity contribution in [2.45, 2.75) is 44.9 Å². The van der Waals surface area contributed by atoms with E-state index >= 15 is 0 Å². The van der Waals surface area contributed by atoms with Crippen molar-refractivity contribution in [2.24, 2.45) is 0 Å². The maximum atomic E-state index is 13.4. The fourth-order valence-electron chi connectivity index (χ4n) is 4.49. The zero-order valence-corrected chi connectivity index (χ0v) is 18.5. The summed E-state index contributed by atoms with van der Waals surface area (Å²) in [6, 6.07) is 13.0. The lowest BCUT2D eigenvalue weighted by molar-refractivity contribution is 0.0937. The van der Waals surface area contributed by atoms with Crippen molar-refractivity contribution in [3.8, 4) is 5.75 Å². The van der Waals surface area contributed by atoms with Crippen molar-refractivity contribution in [1.29, 1.82) is 0 Å². The van der Waals surface area contributed by atoms with Gasteiger partial charge in [-0.2, -0.15) is 0 Å². The zero-order valence-electron chi connectivity index (χ0n) is 17.8. The SMILES string of the molecule is CCc1nc2ccc(O[C@H]3CCN4C(=O)OC[C@@H]4C3)cc2c(=O)n1Cc1ccc(Cl)cc1. The monoisotopic (exact) mass is 453 g/mol. The summed E-state index contributed by atoms with van der Waals surface area (Å²) < 4.78 is 13.1. The van der Waals surface area contributed by atoms with Gasteiger partial charge >= 0.3 is 6.09 Å². The number of rotatable bonds is 5.